The van der Waals surface area contributed by atoms with Crippen LogP contribution in [0.25, 0.3) is 0 Å². The molecule has 82 valence electrons. The Bertz CT molecular complexity index is 74.6. The van der Waals surface area contributed by atoms with Gasteiger partial charge in [0.1, 0.15) is 0 Å². The summed E-state index contributed by atoms with van der Waals surface area (Å²) >= 11 is 0. The number of nitrogens with two attached hydrogens (primary N) is 1. The molecule has 0 fully saturated rings. The minimum Gasteiger partial charge on any atom is -0.328 e. The first-order chi connectivity index (χ1) is 5.99. The van der Waals surface area contributed by atoms with Gasteiger partial charge in [0.25, 0.3) is 0 Å². The Labute approximate surface area is 84.5 Å². The van der Waals surface area contributed by atoms with Crippen LogP contribution in [0, 0.1) is 5.92 Å². The van der Waals surface area contributed by atoms with Crippen molar-refractivity contribution in [3.8, 4) is 0 Å². The van der Waals surface area contributed by atoms with Crippen LogP contribution in [0.3, 0.4) is 0 Å². The first-order valence-corrected chi connectivity index (χ1v) is 5.47. The van der Waals surface area contributed by atoms with E-state index in [2.05, 4.69) is 39.5 Å². The summed E-state index contributed by atoms with van der Waals surface area (Å²) < 4.78 is 0. The second kappa shape index (κ2) is 10.0. The molecule has 0 saturated heterocycles. The monoisotopic (exact) mass is 188 g/mol. The van der Waals surface area contributed by atoms with Gasteiger partial charge in [-0.3, -0.25) is 0 Å². The van der Waals surface area contributed by atoms with E-state index >= 15 is 0 Å². The summed E-state index contributed by atoms with van der Waals surface area (Å²) in [7, 11) is 0. The highest BCUT2D eigenvalue weighted by Crippen LogP contribution is 1.93. The molecule has 0 amide bonds. The largest absolute Gasteiger partial charge is 0.328 e. The first-order valence-electron chi connectivity index (χ1n) is 5.47. The lowest BCUT2D eigenvalue weighted by atomic mass is 10.1. The van der Waals surface area contributed by atoms with Crippen LogP contribution in [0.15, 0.2) is 0 Å². The van der Waals surface area contributed by atoms with Crippen molar-refractivity contribution in [2.24, 2.45) is 11.7 Å². The summed E-state index contributed by atoms with van der Waals surface area (Å²) in [6.07, 6.45) is 0. The van der Waals surface area contributed by atoms with E-state index in [1.54, 1.807) is 0 Å². The highest BCUT2D eigenvalue weighted by molar-refractivity contribution is 4.55. The van der Waals surface area contributed by atoms with Crippen LogP contribution in [0.5, 0.6) is 0 Å². The first kappa shape index (κ1) is 15.4. The lowest BCUT2D eigenvalue weighted by Gasteiger charge is -2.13. The molecule has 0 spiro atoms. The summed E-state index contributed by atoms with van der Waals surface area (Å²) in [5.41, 5.74) is 5.44. The minimum atomic E-state index is 0.352. The molecule has 0 aromatic carbocycles. The van der Waals surface area contributed by atoms with Gasteiger partial charge in [0.05, 0.1) is 0 Å². The summed E-state index contributed by atoms with van der Waals surface area (Å²) in [5.74, 6) is 0.630. The average molecular weight is 188 g/mol. The third kappa shape index (κ3) is 11.9. The zero-order chi connectivity index (χ0) is 10.9. The molecule has 0 aromatic heterocycles. The summed E-state index contributed by atoms with van der Waals surface area (Å²) in [6, 6.07) is 0.352. The van der Waals surface area contributed by atoms with Crippen LogP contribution in [-0.2, 0) is 0 Å². The van der Waals surface area contributed by atoms with Crippen LogP contribution in [0.1, 0.15) is 41.5 Å². The van der Waals surface area contributed by atoms with E-state index in [0.717, 1.165) is 0 Å². The average Bonchev–Trinajstić information content (AvgIpc) is 2.08. The number of hydrogen-bond acceptors (Lipinski definition) is 2. The Morgan fingerprint density at radius 1 is 0.923 bits per heavy atom. The van der Waals surface area contributed by atoms with E-state index in [-0.39, 0.29) is 0 Å². The predicted octanol–water partition coefficient (Wildman–Crippen LogP) is 2.34. The van der Waals surface area contributed by atoms with Gasteiger partial charge < -0.3 is 10.6 Å². The molecule has 1 unspecified atom stereocenters. The van der Waals surface area contributed by atoms with E-state index in [4.69, 9.17) is 5.73 Å². The maximum absolute atomic E-state index is 5.44. The molecule has 0 aliphatic carbocycles. The van der Waals surface area contributed by atoms with Crippen LogP contribution in [0.4, 0.5) is 0 Å². The van der Waals surface area contributed by atoms with Crippen molar-refractivity contribution < 1.29 is 0 Å². The molecule has 0 heterocycles. The molecule has 2 N–H and O–H groups in total. The Kier molecular flexibility index (Phi) is 11.8. The van der Waals surface area contributed by atoms with Crippen LogP contribution in [0.2, 0.25) is 0 Å². The van der Waals surface area contributed by atoms with Gasteiger partial charge in [0, 0.05) is 6.04 Å². The smallest absolute Gasteiger partial charge is 0.00334 e. The molecule has 1 atom stereocenters. The maximum atomic E-state index is 5.44. The van der Waals surface area contributed by atoms with E-state index in [1.165, 1.54) is 19.6 Å². The van der Waals surface area contributed by atoms with Crippen molar-refractivity contribution in [1.82, 2.24) is 4.90 Å². The quantitative estimate of drug-likeness (QED) is 0.734. The molecule has 0 rings (SSSR count). The van der Waals surface area contributed by atoms with Crippen LogP contribution in [-0.4, -0.2) is 30.6 Å². The number of nitrogens with zero attached hydrogens (tertiary/aromatic N) is 1. The van der Waals surface area contributed by atoms with Crippen molar-refractivity contribution in [1.29, 1.82) is 0 Å². The standard InChI is InChI=1S/C6H15N.C5H13N/c1-4-7(5-2)6-3;1-4(2)5(3)6/h4-6H2,1-3H3;4-5H,6H2,1-3H3. The van der Waals surface area contributed by atoms with Crippen molar-refractivity contribution in [2.75, 3.05) is 19.6 Å². The van der Waals surface area contributed by atoms with Gasteiger partial charge in [-0.25, -0.2) is 0 Å². The summed E-state index contributed by atoms with van der Waals surface area (Å²) in [4.78, 5) is 2.38. The molecule has 2 nitrogen and oxygen atoms in total. The van der Waals surface area contributed by atoms with E-state index in [1.807, 2.05) is 6.92 Å². The third-order valence-corrected chi connectivity index (χ3v) is 2.39. The molecule has 0 bridgehead atoms. The van der Waals surface area contributed by atoms with Crippen LogP contribution < -0.4 is 5.73 Å². The van der Waals surface area contributed by atoms with Crippen LogP contribution >= 0.6 is 0 Å². The normalized spacial score (nSPS) is 12.7. The zero-order valence-corrected chi connectivity index (χ0v) is 10.3. The Morgan fingerprint density at radius 2 is 1.15 bits per heavy atom. The van der Waals surface area contributed by atoms with Crippen molar-refractivity contribution >= 4 is 0 Å². The second-order valence-electron chi connectivity index (χ2n) is 3.72. The molecule has 13 heavy (non-hydrogen) atoms. The minimum absolute atomic E-state index is 0.352. The van der Waals surface area contributed by atoms with Crippen molar-refractivity contribution in [3.05, 3.63) is 0 Å². The van der Waals surface area contributed by atoms with Gasteiger partial charge in [-0.05, 0) is 32.5 Å². The fraction of sp³-hybridized carbons (Fsp3) is 1.00. The molecular weight excluding hydrogens is 160 g/mol. The van der Waals surface area contributed by atoms with E-state index in [9.17, 15) is 0 Å². The molecule has 0 aliphatic rings. The molecular formula is C11H28N2. The SMILES string of the molecule is CC(C)C(C)N.CCN(CC)CC. The Morgan fingerprint density at radius 3 is 1.15 bits per heavy atom. The molecule has 0 saturated carbocycles. The fourth-order valence-corrected chi connectivity index (χ4v) is 0.671. The fourth-order valence-electron chi connectivity index (χ4n) is 0.671. The lowest BCUT2D eigenvalue weighted by molar-refractivity contribution is 0.321. The maximum Gasteiger partial charge on any atom is 0.00334 e. The van der Waals surface area contributed by atoms with Crippen molar-refractivity contribution in [2.45, 2.75) is 47.6 Å². The number of rotatable bonds is 4. The lowest BCUT2D eigenvalue weighted by Crippen LogP contribution is -2.21. The van der Waals surface area contributed by atoms with Gasteiger partial charge in [0.2, 0.25) is 0 Å². The van der Waals surface area contributed by atoms with Gasteiger partial charge in [-0.15, -0.1) is 0 Å². The zero-order valence-electron chi connectivity index (χ0n) is 10.3. The predicted molar refractivity (Wildman–Crippen MR) is 61.9 cm³/mol. The highest BCUT2D eigenvalue weighted by atomic mass is 15.1. The second-order valence-corrected chi connectivity index (χ2v) is 3.72. The summed E-state index contributed by atoms with van der Waals surface area (Å²) in [5, 5.41) is 0. The highest BCUT2D eigenvalue weighted by Gasteiger charge is 1.95. The third-order valence-electron chi connectivity index (χ3n) is 2.39. The van der Waals surface area contributed by atoms with Gasteiger partial charge in [-0.1, -0.05) is 34.6 Å². The summed E-state index contributed by atoms with van der Waals surface area (Å²) in [6.45, 7) is 16.4. The molecule has 0 aliphatic heterocycles. The number of hydrogen-bond donors (Lipinski definition) is 1. The molecule has 0 radical (unpaired) electrons. The molecule has 0 aromatic rings. The van der Waals surface area contributed by atoms with Gasteiger partial charge in [-0.2, -0.15) is 0 Å². The Balaban J connectivity index is 0. The van der Waals surface area contributed by atoms with Gasteiger partial charge >= 0.3 is 0 Å². The van der Waals surface area contributed by atoms with Crippen molar-refractivity contribution in [3.63, 3.8) is 0 Å². The van der Waals surface area contributed by atoms with E-state index in [0.29, 0.717) is 12.0 Å². The topological polar surface area (TPSA) is 29.3 Å². The van der Waals surface area contributed by atoms with Gasteiger partial charge in [0.15, 0.2) is 0 Å². The van der Waals surface area contributed by atoms with E-state index < -0.39 is 0 Å². The Hall–Kier alpha value is -0.0800. The molecule has 2 heteroatoms.